The molecule has 1 saturated heterocycles. The molecular formula is C30H28ClN3O3. The van der Waals surface area contributed by atoms with Gasteiger partial charge in [0.1, 0.15) is 11.4 Å². The summed E-state index contributed by atoms with van der Waals surface area (Å²) in [6.07, 6.45) is 3.18. The van der Waals surface area contributed by atoms with Gasteiger partial charge in [-0.1, -0.05) is 48.0 Å². The summed E-state index contributed by atoms with van der Waals surface area (Å²) in [5.74, 6) is 1.13. The zero-order valence-corrected chi connectivity index (χ0v) is 21.6. The molecule has 6 rings (SSSR count). The number of benzene rings is 3. The van der Waals surface area contributed by atoms with Crippen molar-refractivity contribution >= 4 is 28.9 Å². The molecule has 2 aliphatic rings. The molecule has 37 heavy (non-hydrogen) atoms. The van der Waals surface area contributed by atoms with Gasteiger partial charge in [0, 0.05) is 42.4 Å². The fourth-order valence-corrected chi connectivity index (χ4v) is 6.19. The molecule has 1 fully saturated rings. The molecule has 3 heterocycles. The Morgan fingerprint density at radius 1 is 1.00 bits per heavy atom. The molecule has 0 aliphatic carbocycles. The van der Waals surface area contributed by atoms with Crippen LogP contribution in [0.25, 0.3) is 11.5 Å². The lowest BCUT2D eigenvalue weighted by atomic mass is 9.70. The van der Waals surface area contributed by atoms with Crippen LogP contribution in [-0.4, -0.2) is 36.1 Å². The van der Waals surface area contributed by atoms with Crippen LogP contribution in [0.3, 0.4) is 0 Å². The Balaban J connectivity index is 1.32. The minimum Gasteiger partial charge on any atom is -0.441 e. The molecule has 0 saturated carbocycles. The number of oxazole rings is 1. The van der Waals surface area contributed by atoms with E-state index >= 15 is 0 Å². The van der Waals surface area contributed by atoms with E-state index in [0.29, 0.717) is 22.0 Å². The van der Waals surface area contributed by atoms with E-state index in [-0.39, 0.29) is 11.8 Å². The third-order valence-electron chi connectivity index (χ3n) is 7.79. The highest BCUT2D eigenvalue weighted by molar-refractivity contribution is 6.33. The highest BCUT2D eigenvalue weighted by Crippen LogP contribution is 2.49. The van der Waals surface area contributed by atoms with E-state index in [1.165, 1.54) is 0 Å². The fraction of sp³-hybridized carbons (Fsp3) is 0.267. The first kappa shape index (κ1) is 23.8. The lowest BCUT2D eigenvalue weighted by Gasteiger charge is -2.43. The van der Waals surface area contributed by atoms with Crippen molar-refractivity contribution in [3.8, 4) is 11.5 Å². The van der Waals surface area contributed by atoms with Gasteiger partial charge in [-0.15, -0.1) is 0 Å². The zero-order valence-electron chi connectivity index (χ0n) is 20.8. The molecule has 2 aliphatic heterocycles. The summed E-state index contributed by atoms with van der Waals surface area (Å²) in [4.78, 5) is 21.6. The van der Waals surface area contributed by atoms with Crippen LogP contribution in [0.5, 0.6) is 0 Å². The van der Waals surface area contributed by atoms with Crippen LogP contribution < -0.4 is 9.80 Å². The third kappa shape index (κ3) is 3.83. The number of carbonyl (C=O) groups excluding carboxylic acids is 1. The van der Waals surface area contributed by atoms with Crippen LogP contribution in [0.4, 0.5) is 11.4 Å². The van der Waals surface area contributed by atoms with Crippen molar-refractivity contribution < 1.29 is 14.3 Å². The number of aliphatic hydroxyl groups is 1. The van der Waals surface area contributed by atoms with E-state index in [1.807, 2.05) is 73.7 Å². The van der Waals surface area contributed by atoms with Gasteiger partial charge in [-0.25, -0.2) is 4.98 Å². The molecule has 3 aromatic carbocycles. The minimum atomic E-state index is -1.28. The number of aromatic nitrogens is 1. The maximum absolute atomic E-state index is 13.4. The average Bonchev–Trinajstić information content (AvgIpc) is 3.35. The quantitative estimate of drug-likeness (QED) is 0.361. The second kappa shape index (κ2) is 9.05. The molecule has 1 N–H and O–H groups in total. The second-order valence-corrected chi connectivity index (χ2v) is 10.3. The molecule has 1 atom stereocenters. The van der Waals surface area contributed by atoms with E-state index in [9.17, 15) is 9.90 Å². The summed E-state index contributed by atoms with van der Waals surface area (Å²) >= 11 is 6.72. The Bertz CT molecular complexity index is 1490. The molecule has 188 valence electrons. The number of aryl methyl sites for hydroxylation is 1. The monoisotopic (exact) mass is 513 g/mol. The van der Waals surface area contributed by atoms with Crippen molar-refractivity contribution in [2.45, 2.75) is 25.4 Å². The Kier molecular flexibility index (Phi) is 5.81. The van der Waals surface area contributed by atoms with Gasteiger partial charge in [0.2, 0.25) is 5.89 Å². The summed E-state index contributed by atoms with van der Waals surface area (Å²) in [5, 5.41) is 13.2. The Morgan fingerprint density at radius 2 is 1.70 bits per heavy atom. The van der Waals surface area contributed by atoms with E-state index in [2.05, 4.69) is 9.88 Å². The number of para-hydroxylation sites is 1. The molecule has 0 spiro atoms. The molecule has 0 bridgehead atoms. The number of halogens is 1. The number of rotatable bonds is 3. The number of hydrogen-bond acceptors (Lipinski definition) is 5. The summed E-state index contributed by atoms with van der Waals surface area (Å²) in [6.45, 7) is 3.33. The SMILES string of the molecule is Cc1cnc(-c2ccc(N3CCC(C4(O)c5ccccc5C(=O)N(C)c5ccccc54)CC3)c(Cl)c2)o1. The summed E-state index contributed by atoms with van der Waals surface area (Å²) in [5.41, 5.74) is 3.26. The van der Waals surface area contributed by atoms with Crippen LogP contribution in [0.15, 0.2) is 77.3 Å². The molecule has 1 amide bonds. The van der Waals surface area contributed by atoms with Crippen LogP contribution >= 0.6 is 11.6 Å². The van der Waals surface area contributed by atoms with Crippen molar-refractivity contribution in [2.24, 2.45) is 5.92 Å². The maximum atomic E-state index is 13.4. The van der Waals surface area contributed by atoms with Crippen LogP contribution in [-0.2, 0) is 5.60 Å². The van der Waals surface area contributed by atoms with Gasteiger partial charge >= 0.3 is 0 Å². The average molecular weight is 514 g/mol. The van der Waals surface area contributed by atoms with E-state index in [0.717, 1.165) is 54.2 Å². The second-order valence-electron chi connectivity index (χ2n) is 9.90. The minimum absolute atomic E-state index is 0.0707. The molecule has 1 aromatic heterocycles. The molecule has 6 nitrogen and oxygen atoms in total. The molecule has 7 heteroatoms. The number of hydrogen-bond donors (Lipinski definition) is 1. The lowest BCUT2D eigenvalue weighted by Crippen LogP contribution is -2.44. The molecule has 1 unspecified atom stereocenters. The van der Waals surface area contributed by atoms with Crippen molar-refractivity contribution in [1.29, 1.82) is 0 Å². The fourth-order valence-electron chi connectivity index (χ4n) is 5.89. The van der Waals surface area contributed by atoms with Gasteiger partial charge in [-0.2, -0.15) is 0 Å². The van der Waals surface area contributed by atoms with Crippen LogP contribution in [0.1, 0.15) is 40.1 Å². The standard InChI is InChI=1S/C30H28ClN3O3/c1-19-18-32-28(37-19)20-11-12-27(25(31)17-20)34-15-13-21(14-16-34)30(36)23-8-4-3-7-22(23)29(35)33(2)26-10-6-5-9-24(26)30/h3-12,17-18,21,36H,13-16H2,1-2H3. The lowest BCUT2D eigenvalue weighted by molar-refractivity contribution is 0.00555. The van der Waals surface area contributed by atoms with E-state index in [4.69, 9.17) is 16.0 Å². The Labute approximate surface area is 221 Å². The van der Waals surface area contributed by atoms with Crippen molar-refractivity contribution in [2.75, 3.05) is 29.9 Å². The van der Waals surface area contributed by atoms with Gasteiger partial charge in [-0.3, -0.25) is 4.79 Å². The van der Waals surface area contributed by atoms with Crippen molar-refractivity contribution in [3.63, 3.8) is 0 Å². The van der Waals surface area contributed by atoms with Gasteiger partial charge in [0.15, 0.2) is 0 Å². The van der Waals surface area contributed by atoms with Gasteiger partial charge in [0.05, 0.1) is 22.6 Å². The number of carbonyl (C=O) groups is 1. The largest absolute Gasteiger partial charge is 0.441 e. The number of piperidine rings is 1. The normalized spacial score (nSPS) is 19.9. The highest BCUT2D eigenvalue weighted by atomic mass is 35.5. The predicted molar refractivity (Wildman–Crippen MR) is 145 cm³/mol. The first-order valence-corrected chi connectivity index (χ1v) is 12.9. The predicted octanol–water partition coefficient (Wildman–Crippen LogP) is 6.05. The molecule has 0 radical (unpaired) electrons. The zero-order chi connectivity index (χ0) is 25.7. The number of fused-ring (bicyclic) bond motifs is 2. The Morgan fingerprint density at radius 3 is 2.41 bits per heavy atom. The highest BCUT2D eigenvalue weighted by Gasteiger charge is 2.47. The molecular weight excluding hydrogens is 486 g/mol. The van der Waals surface area contributed by atoms with Crippen LogP contribution in [0.2, 0.25) is 5.02 Å². The Hall–Kier alpha value is -3.61. The first-order valence-electron chi connectivity index (χ1n) is 12.5. The maximum Gasteiger partial charge on any atom is 0.258 e. The van der Waals surface area contributed by atoms with Crippen molar-refractivity contribution in [3.05, 3.63) is 100 Å². The summed E-state index contributed by atoms with van der Waals surface area (Å²) < 4.78 is 5.65. The van der Waals surface area contributed by atoms with E-state index < -0.39 is 5.60 Å². The van der Waals surface area contributed by atoms with Gasteiger partial charge < -0.3 is 19.3 Å². The number of anilines is 2. The summed E-state index contributed by atoms with van der Waals surface area (Å²) in [6, 6.07) is 21.1. The van der Waals surface area contributed by atoms with Gasteiger partial charge in [-0.05, 0) is 56.0 Å². The molecule has 4 aromatic rings. The number of amides is 1. The topological polar surface area (TPSA) is 69.8 Å². The van der Waals surface area contributed by atoms with Crippen molar-refractivity contribution in [1.82, 2.24) is 4.98 Å². The van der Waals surface area contributed by atoms with E-state index in [1.54, 1.807) is 18.1 Å². The van der Waals surface area contributed by atoms with Crippen LogP contribution in [0, 0.1) is 12.8 Å². The number of nitrogens with zero attached hydrogens (tertiary/aromatic N) is 3. The smallest absolute Gasteiger partial charge is 0.258 e. The first-order chi connectivity index (χ1) is 17.9. The third-order valence-corrected chi connectivity index (χ3v) is 8.09. The summed E-state index contributed by atoms with van der Waals surface area (Å²) in [7, 11) is 1.78. The van der Waals surface area contributed by atoms with Gasteiger partial charge in [0.25, 0.3) is 5.91 Å².